The zero-order chi connectivity index (χ0) is 12.3. The minimum absolute atomic E-state index is 0.0885. The standard InChI is InChI=1S/C13H14N2OS/c1-3-9-15-10-7-5-6-8-11(10)17-13(15)14-12(16)4-2/h3,5-8H,1,4,9H2,2H3. The van der Waals surface area contributed by atoms with E-state index in [2.05, 4.69) is 11.6 Å². The number of aromatic nitrogens is 1. The second-order valence-electron chi connectivity index (χ2n) is 3.61. The van der Waals surface area contributed by atoms with Crippen molar-refractivity contribution in [3.05, 3.63) is 41.7 Å². The Balaban J connectivity index is 2.69. The van der Waals surface area contributed by atoms with Crippen molar-refractivity contribution in [1.29, 1.82) is 0 Å². The van der Waals surface area contributed by atoms with Gasteiger partial charge in [-0.15, -0.1) is 6.58 Å². The maximum atomic E-state index is 11.4. The van der Waals surface area contributed by atoms with Gasteiger partial charge in [0.05, 0.1) is 10.2 Å². The number of thiazole rings is 1. The van der Waals surface area contributed by atoms with Crippen molar-refractivity contribution in [2.45, 2.75) is 19.9 Å². The lowest BCUT2D eigenvalue weighted by Crippen LogP contribution is -2.15. The Kier molecular flexibility index (Phi) is 3.54. The molecule has 0 fully saturated rings. The van der Waals surface area contributed by atoms with Crippen LogP contribution in [0.3, 0.4) is 0 Å². The summed E-state index contributed by atoms with van der Waals surface area (Å²) in [5, 5.41) is 0. The molecule has 1 heterocycles. The average Bonchev–Trinajstić information content (AvgIpc) is 2.68. The van der Waals surface area contributed by atoms with Gasteiger partial charge in [0.2, 0.25) is 5.91 Å². The van der Waals surface area contributed by atoms with E-state index in [1.165, 1.54) is 11.3 Å². The van der Waals surface area contributed by atoms with Gasteiger partial charge >= 0.3 is 0 Å². The molecule has 2 aromatic rings. The highest BCUT2D eigenvalue weighted by Gasteiger charge is 2.05. The molecule has 88 valence electrons. The van der Waals surface area contributed by atoms with E-state index >= 15 is 0 Å². The van der Waals surface area contributed by atoms with E-state index in [4.69, 9.17) is 0 Å². The summed E-state index contributed by atoms with van der Waals surface area (Å²) < 4.78 is 3.15. The van der Waals surface area contributed by atoms with Crippen LogP contribution >= 0.6 is 11.3 Å². The van der Waals surface area contributed by atoms with Crippen LogP contribution in [0, 0.1) is 0 Å². The Labute approximate surface area is 104 Å². The van der Waals surface area contributed by atoms with Crippen molar-refractivity contribution in [2.24, 2.45) is 4.99 Å². The molecule has 4 heteroatoms. The van der Waals surface area contributed by atoms with Gasteiger partial charge in [-0.05, 0) is 12.1 Å². The van der Waals surface area contributed by atoms with Gasteiger partial charge in [-0.3, -0.25) is 4.79 Å². The van der Waals surface area contributed by atoms with Crippen molar-refractivity contribution in [3.8, 4) is 0 Å². The molecule has 1 aromatic carbocycles. The molecule has 3 nitrogen and oxygen atoms in total. The zero-order valence-corrected chi connectivity index (χ0v) is 10.5. The summed E-state index contributed by atoms with van der Waals surface area (Å²) in [7, 11) is 0. The predicted octanol–water partition coefficient (Wildman–Crippen LogP) is 2.73. The molecule has 0 radical (unpaired) electrons. The lowest BCUT2D eigenvalue weighted by Gasteiger charge is -1.99. The Morgan fingerprint density at radius 3 is 3.00 bits per heavy atom. The van der Waals surface area contributed by atoms with Crippen LogP contribution < -0.4 is 4.80 Å². The number of allylic oxidation sites excluding steroid dienone is 1. The molecule has 0 saturated carbocycles. The van der Waals surface area contributed by atoms with Crippen LogP contribution in [0.2, 0.25) is 0 Å². The molecule has 0 aliphatic rings. The van der Waals surface area contributed by atoms with Gasteiger partial charge in [0.15, 0.2) is 4.80 Å². The van der Waals surface area contributed by atoms with Crippen LogP contribution in [0.5, 0.6) is 0 Å². The Bertz CT molecular complexity index is 622. The lowest BCUT2D eigenvalue weighted by molar-refractivity contribution is -0.117. The number of nitrogens with zero attached hydrogens (tertiary/aromatic N) is 2. The fourth-order valence-corrected chi connectivity index (χ4v) is 2.65. The van der Waals surface area contributed by atoms with Gasteiger partial charge in [0, 0.05) is 13.0 Å². The van der Waals surface area contributed by atoms with Crippen LogP contribution in [-0.2, 0) is 11.3 Å². The second kappa shape index (κ2) is 5.10. The van der Waals surface area contributed by atoms with E-state index in [0.29, 0.717) is 13.0 Å². The highest BCUT2D eigenvalue weighted by molar-refractivity contribution is 7.16. The van der Waals surface area contributed by atoms with Gasteiger partial charge in [0.1, 0.15) is 0 Å². The van der Waals surface area contributed by atoms with Gasteiger partial charge in [-0.1, -0.05) is 36.5 Å². The lowest BCUT2D eigenvalue weighted by atomic mass is 10.3. The molecule has 0 atom stereocenters. The zero-order valence-electron chi connectivity index (χ0n) is 9.72. The number of amides is 1. The van der Waals surface area contributed by atoms with E-state index in [0.717, 1.165) is 15.0 Å². The molecule has 17 heavy (non-hydrogen) atoms. The van der Waals surface area contributed by atoms with Crippen molar-refractivity contribution in [2.75, 3.05) is 0 Å². The third-order valence-corrected chi connectivity index (χ3v) is 3.48. The number of hydrogen-bond acceptors (Lipinski definition) is 2. The highest BCUT2D eigenvalue weighted by atomic mass is 32.1. The fraction of sp³-hybridized carbons (Fsp3) is 0.231. The largest absolute Gasteiger partial charge is 0.313 e. The van der Waals surface area contributed by atoms with E-state index < -0.39 is 0 Å². The number of carbonyl (C=O) groups is 1. The maximum Gasteiger partial charge on any atom is 0.248 e. The number of fused-ring (bicyclic) bond motifs is 1. The van der Waals surface area contributed by atoms with Gasteiger partial charge in [-0.2, -0.15) is 4.99 Å². The minimum Gasteiger partial charge on any atom is -0.313 e. The van der Waals surface area contributed by atoms with Crippen LogP contribution in [0.4, 0.5) is 0 Å². The van der Waals surface area contributed by atoms with Crippen molar-refractivity contribution < 1.29 is 4.79 Å². The van der Waals surface area contributed by atoms with E-state index in [1.807, 2.05) is 41.8 Å². The highest BCUT2D eigenvalue weighted by Crippen LogP contribution is 2.16. The summed E-state index contributed by atoms with van der Waals surface area (Å²) in [4.78, 5) is 16.3. The summed E-state index contributed by atoms with van der Waals surface area (Å²) in [5.41, 5.74) is 1.10. The first kappa shape index (κ1) is 11.8. The SMILES string of the molecule is C=CCn1c(=NC(=O)CC)sc2ccccc21. The van der Waals surface area contributed by atoms with Gasteiger partial charge < -0.3 is 4.57 Å². The van der Waals surface area contributed by atoms with Crippen LogP contribution in [-0.4, -0.2) is 10.5 Å². The van der Waals surface area contributed by atoms with Crippen molar-refractivity contribution in [1.82, 2.24) is 4.57 Å². The van der Waals surface area contributed by atoms with Crippen molar-refractivity contribution >= 4 is 27.5 Å². The Morgan fingerprint density at radius 2 is 2.29 bits per heavy atom. The smallest absolute Gasteiger partial charge is 0.248 e. The Hall–Kier alpha value is -1.68. The molecule has 0 aliphatic heterocycles. The van der Waals surface area contributed by atoms with E-state index in [9.17, 15) is 4.79 Å². The van der Waals surface area contributed by atoms with E-state index in [1.54, 1.807) is 0 Å². The molecule has 2 rings (SSSR count). The third kappa shape index (κ3) is 2.36. The van der Waals surface area contributed by atoms with Crippen LogP contribution in [0.25, 0.3) is 10.2 Å². The minimum atomic E-state index is -0.0885. The molecule has 0 spiro atoms. The normalized spacial score (nSPS) is 11.9. The van der Waals surface area contributed by atoms with E-state index in [-0.39, 0.29) is 5.91 Å². The first-order chi connectivity index (χ1) is 8.26. The second-order valence-corrected chi connectivity index (χ2v) is 4.62. The molecular formula is C13H14N2OS. The number of carbonyl (C=O) groups excluding carboxylic acids is 1. The summed E-state index contributed by atoms with van der Waals surface area (Å²) in [6.45, 7) is 6.22. The van der Waals surface area contributed by atoms with Crippen LogP contribution in [0.15, 0.2) is 41.9 Å². The van der Waals surface area contributed by atoms with Crippen LogP contribution in [0.1, 0.15) is 13.3 Å². The first-order valence-corrected chi connectivity index (χ1v) is 6.34. The number of para-hydroxylation sites is 1. The predicted molar refractivity (Wildman–Crippen MR) is 70.9 cm³/mol. The molecular weight excluding hydrogens is 232 g/mol. The number of rotatable bonds is 3. The molecule has 1 amide bonds. The number of hydrogen-bond donors (Lipinski definition) is 0. The molecule has 0 unspecified atom stereocenters. The fourth-order valence-electron chi connectivity index (χ4n) is 1.60. The summed E-state index contributed by atoms with van der Waals surface area (Å²) >= 11 is 1.54. The molecule has 0 saturated heterocycles. The van der Waals surface area contributed by atoms with Crippen molar-refractivity contribution in [3.63, 3.8) is 0 Å². The Morgan fingerprint density at radius 1 is 1.53 bits per heavy atom. The summed E-state index contributed by atoms with van der Waals surface area (Å²) in [5.74, 6) is -0.0885. The van der Waals surface area contributed by atoms with Gasteiger partial charge in [0.25, 0.3) is 0 Å². The molecule has 0 aliphatic carbocycles. The maximum absolute atomic E-state index is 11.4. The summed E-state index contributed by atoms with van der Waals surface area (Å²) in [6, 6.07) is 8.04. The molecule has 0 bridgehead atoms. The molecule has 0 N–H and O–H groups in total. The first-order valence-electron chi connectivity index (χ1n) is 5.53. The monoisotopic (exact) mass is 246 g/mol. The third-order valence-electron chi connectivity index (χ3n) is 2.42. The summed E-state index contributed by atoms with van der Waals surface area (Å²) in [6.07, 6.45) is 2.25. The van der Waals surface area contributed by atoms with Gasteiger partial charge in [-0.25, -0.2) is 0 Å². The topological polar surface area (TPSA) is 34.4 Å². The quantitative estimate of drug-likeness (QED) is 0.767. The number of benzene rings is 1. The molecule has 1 aromatic heterocycles. The average molecular weight is 246 g/mol.